The Morgan fingerprint density at radius 3 is 2.08 bits per heavy atom. The summed E-state index contributed by atoms with van der Waals surface area (Å²) < 4.78 is 21.0. The van der Waals surface area contributed by atoms with Crippen LogP contribution >= 0.6 is 23.2 Å². The molecule has 0 amide bonds. The number of carbonyl (C=O) groups excluding carboxylic acids is 1. The highest BCUT2D eigenvalue weighted by Crippen LogP contribution is 2.38. The molecule has 2 aromatic rings. The number of halogens is 2. The van der Waals surface area contributed by atoms with Crippen LogP contribution < -0.4 is 18.9 Å². The Kier molecular flexibility index (Phi) is 6.56. The minimum absolute atomic E-state index is 0.300. The minimum atomic E-state index is -0.563. The van der Waals surface area contributed by atoms with Crippen LogP contribution in [0.4, 0.5) is 0 Å². The molecular formula is C18H16Cl2O5. The summed E-state index contributed by atoms with van der Waals surface area (Å²) in [5.74, 6) is 1.18. The van der Waals surface area contributed by atoms with E-state index in [2.05, 4.69) is 0 Å². The van der Waals surface area contributed by atoms with Crippen molar-refractivity contribution >= 4 is 35.2 Å². The summed E-state index contributed by atoms with van der Waals surface area (Å²) in [4.78, 5) is 11.9. The fraction of sp³-hybridized carbons (Fsp3) is 0.167. The molecule has 0 heterocycles. The summed E-state index contributed by atoms with van der Waals surface area (Å²) in [5, 5.41) is 0.690. The molecule has 0 spiro atoms. The van der Waals surface area contributed by atoms with Gasteiger partial charge in [-0.2, -0.15) is 0 Å². The topological polar surface area (TPSA) is 54.0 Å². The maximum atomic E-state index is 11.9. The van der Waals surface area contributed by atoms with Gasteiger partial charge in [-0.1, -0.05) is 23.2 Å². The van der Waals surface area contributed by atoms with Crippen LogP contribution in [0.25, 0.3) is 6.08 Å². The zero-order valence-electron chi connectivity index (χ0n) is 13.8. The number of methoxy groups -OCH3 is 3. The van der Waals surface area contributed by atoms with E-state index in [1.54, 1.807) is 30.3 Å². The number of hydrogen-bond acceptors (Lipinski definition) is 5. The van der Waals surface area contributed by atoms with Gasteiger partial charge in [0.2, 0.25) is 5.75 Å². The van der Waals surface area contributed by atoms with Gasteiger partial charge < -0.3 is 18.9 Å². The van der Waals surface area contributed by atoms with Crippen molar-refractivity contribution in [2.24, 2.45) is 0 Å². The first-order chi connectivity index (χ1) is 12.0. The molecule has 0 N–H and O–H groups in total. The third kappa shape index (κ3) is 4.81. The third-order valence-corrected chi connectivity index (χ3v) is 3.95. The molecule has 0 fully saturated rings. The highest BCUT2D eigenvalue weighted by molar-refractivity contribution is 6.42. The van der Waals surface area contributed by atoms with Crippen LogP contribution in [0.15, 0.2) is 36.4 Å². The summed E-state index contributed by atoms with van der Waals surface area (Å²) in [6.07, 6.45) is 2.85. The first-order valence-corrected chi connectivity index (χ1v) is 7.89. The molecule has 7 heteroatoms. The van der Waals surface area contributed by atoms with Crippen LogP contribution in [-0.4, -0.2) is 27.3 Å². The fourth-order valence-electron chi connectivity index (χ4n) is 2.05. The molecule has 0 saturated carbocycles. The monoisotopic (exact) mass is 382 g/mol. The Morgan fingerprint density at radius 1 is 0.920 bits per heavy atom. The van der Waals surface area contributed by atoms with Gasteiger partial charge in [-0.05, 0) is 35.9 Å². The molecule has 25 heavy (non-hydrogen) atoms. The van der Waals surface area contributed by atoms with Crippen molar-refractivity contribution in [3.8, 4) is 23.0 Å². The molecule has 132 valence electrons. The molecule has 0 bridgehead atoms. The zero-order chi connectivity index (χ0) is 18.4. The molecule has 0 unspecified atom stereocenters. The Balaban J connectivity index is 2.17. The van der Waals surface area contributed by atoms with E-state index in [-0.39, 0.29) is 0 Å². The lowest BCUT2D eigenvalue weighted by Crippen LogP contribution is -2.03. The molecule has 0 atom stereocenters. The molecule has 2 aromatic carbocycles. The number of esters is 1. The van der Waals surface area contributed by atoms with Crippen LogP contribution in [0.1, 0.15) is 5.56 Å². The van der Waals surface area contributed by atoms with Crippen molar-refractivity contribution in [2.75, 3.05) is 21.3 Å². The van der Waals surface area contributed by atoms with Crippen LogP contribution in [-0.2, 0) is 4.79 Å². The smallest absolute Gasteiger partial charge is 0.336 e. The van der Waals surface area contributed by atoms with Crippen LogP contribution in [0.3, 0.4) is 0 Å². The van der Waals surface area contributed by atoms with Crippen LogP contribution in [0.2, 0.25) is 10.0 Å². The van der Waals surface area contributed by atoms with Crippen molar-refractivity contribution in [2.45, 2.75) is 0 Å². The Labute approximate surface area is 155 Å². The molecule has 0 aliphatic carbocycles. The van der Waals surface area contributed by atoms with E-state index in [1.807, 2.05) is 0 Å². The molecule has 0 aromatic heterocycles. The quantitative estimate of drug-likeness (QED) is 0.413. The maximum Gasteiger partial charge on any atom is 0.336 e. The van der Waals surface area contributed by atoms with Gasteiger partial charge in [0.05, 0.1) is 31.4 Å². The van der Waals surface area contributed by atoms with Gasteiger partial charge in [-0.25, -0.2) is 4.79 Å². The van der Waals surface area contributed by atoms with Gasteiger partial charge in [0.15, 0.2) is 11.5 Å². The largest absolute Gasteiger partial charge is 0.493 e. The highest BCUT2D eigenvalue weighted by atomic mass is 35.5. The fourth-order valence-corrected chi connectivity index (χ4v) is 2.34. The Morgan fingerprint density at radius 2 is 1.56 bits per heavy atom. The molecular weight excluding hydrogens is 367 g/mol. The predicted octanol–water partition coefficient (Wildman–Crippen LogP) is 4.64. The van der Waals surface area contributed by atoms with Crippen LogP contribution in [0, 0.1) is 0 Å². The summed E-state index contributed by atoms with van der Waals surface area (Å²) in [6.45, 7) is 0. The lowest BCUT2D eigenvalue weighted by atomic mass is 10.1. The lowest BCUT2D eigenvalue weighted by molar-refractivity contribution is -0.128. The van der Waals surface area contributed by atoms with E-state index in [0.29, 0.717) is 38.6 Å². The Hall–Kier alpha value is -2.37. The molecule has 0 aliphatic heterocycles. The van der Waals surface area contributed by atoms with Gasteiger partial charge >= 0.3 is 5.97 Å². The summed E-state index contributed by atoms with van der Waals surface area (Å²) in [6, 6.07) is 8.00. The summed E-state index contributed by atoms with van der Waals surface area (Å²) in [7, 11) is 4.55. The van der Waals surface area contributed by atoms with Crippen molar-refractivity contribution in [3.63, 3.8) is 0 Å². The third-order valence-electron chi connectivity index (χ3n) is 3.21. The number of carbonyl (C=O) groups is 1. The maximum absolute atomic E-state index is 11.9. The number of rotatable bonds is 6. The van der Waals surface area contributed by atoms with Crippen molar-refractivity contribution in [1.29, 1.82) is 0 Å². The zero-order valence-corrected chi connectivity index (χ0v) is 15.4. The van der Waals surface area contributed by atoms with E-state index in [0.717, 1.165) is 0 Å². The van der Waals surface area contributed by atoms with Crippen molar-refractivity contribution in [3.05, 3.63) is 52.0 Å². The number of ether oxygens (including phenoxy) is 4. The first kappa shape index (κ1) is 19.0. The lowest BCUT2D eigenvalue weighted by Gasteiger charge is -2.12. The summed E-state index contributed by atoms with van der Waals surface area (Å²) in [5.41, 5.74) is 0.681. The molecule has 5 nitrogen and oxygen atoms in total. The molecule has 0 radical (unpaired) electrons. The van der Waals surface area contributed by atoms with E-state index >= 15 is 0 Å². The average Bonchev–Trinajstić information content (AvgIpc) is 2.62. The van der Waals surface area contributed by atoms with E-state index in [1.165, 1.54) is 33.5 Å². The van der Waals surface area contributed by atoms with Gasteiger partial charge in [-0.3, -0.25) is 0 Å². The van der Waals surface area contributed by atoms with Crippen molar-refractivity contribution in [1.82, 2.24) is 0 Å². The molecule has 2 rings (SSSR count). The standard InChI is InChI=1S/C18H16Cl2O5/c1-22-15-8-11(9-16(23-2)18(15)24-3)4-7-17(21)25-12-5-6-13(19)14(20)10-12/h4-10H,1-3H3/b7-4+. The van der Waals surface area contributed by atoms with Crippen LogP contribution in [0.5, 0.6) is 23.0 Å². The van der Waals surface area contributed by atoms with E-state index < -0.39 is 5.97 Å². The minimum Gasteiger partial charge on any atom is -0.493 e. The van der Waals surface area contributed by atoms with E-state index in [4.69, 9.17) is 42.1 Å². The number of hydrogen-bond donors (Lipinski definition) is 0. The number of benzene rings is 2. The first-order valence-electron chi connectivity index (χ1n) is 7.13. The predicted molar refractivity (Wildman–Crippen MR) is 97.2 cm³/mol. The Bertz CT molecular complexity index is 777. The second-order valence-corrected chi connectivity index (χ2v) is 5.60. The second kappa shape index (κ2) is 8.65. The molecule has 0 saturated heterocycles. The van der Waals surface area contributed by atoms with Gasteiger partial charge in [0, 0.05) is 12.1 Å². The van der Waals surface area contributed by atoms with E-state index in [9.17, 15) is 4.79 Å². The summed E-state index contributed by atoms with van der Waals surface area (Å²) >= 11 is 11.7. The highest BCUT2D eigenvalue weighted by Gasteiger charge is 2.12. The SMILES string of the molecule is COc1cc(/C=C/C(=O)Oc2ccc(Cl)c(Cl)c2)cc(OC)c1OC. The van der Waals surface area contributed by atoms with Gasteiger partial charge in [-0.15, -0.1) is 0 Å². The van der Waals surface area contributed by atoms with Crippen molar-refractivity contribution < 1.29 is 23.7 Å². The van der Waals surface area contributed by atoms with Gasteiger partial charge in [0.25, 0.3) is 0 Å². The average molecular weight is 383 g/mol. The van der Waals surface area contributed by atoms with Gasteiger partial charge in [0.1, 0.15) is 5.75 Å². The normalized spacial score (nSPS) is 10.6. The second-order valence-electron chi connectivity index (χ2n) is 4.79. The molecule has 0 aliphatic rings.